The molecule has 0 saturated carbocycles. The van der Waals surface area contributed by atoms with Gasteiger partial charge < -0.3 is 10.6 Å². The Morgan fingerprint density at radius 2 is 1.83 bits per heavy atom. The molecule has 0 saturated heterocycles. The Morgan fingerprint density at radius 1 is 1.06 bits per heavy atom. The van der Waals surface area contributed by atoms with E-state index in [0.717, 1.165) is 49.0 Å². The first-order chi connectivity index (χ1) is 17.1. The summed E-state index contributed by atoms with van der Waals surface area (Å²) in [6.07, 6.45) is 8.56. The molecular weight excluding hydrogens is 433 g/mol. The highest BCUT2D eigenvalue weighted by Gasteiger charge is 2.10. The van der Waals surface area contributed by atoms with Crippen LogP contribution < -0.4 is 10.6 Å². The van der Waals surface area contributed by atoms with Crippen molar-refractivity contribution in [2.24, 2.45) is 4.99 Å². The number of anilines is 2. The Labute approximate surface area is 212 Å². The second-order valence-corrected chi connectivity index (χ2v) is 7.80. The van der Waals surface area contributed by atoms with Crippen molar-refractivity contribution >= 4 is 17.1 Å². The number of halogens is 1. The lowest BCUT2D eigenvalue weighted by atomic mass is 9.99. The van der Waals surface area contributed by atoms with Crippen molar-refractivity contribution in [3.8, 4) is 11.8 Å². The van der Waals surface area contributed by atoms with Gasteiger partial charge in [-0.05, 0) is 87.1 Å². The standard InChI is InChI=1S/C29H36FN3.C2H6/c1-5-8-9-10-11-14-24-19-17-23(18-20-28(31-4)26(30)6-2)21-29(24)33-27-16-13-12-15-25(27)22-32-7-3;1-2/h6-7,12-13,15-17,19,21,32-33H,3,9-11,14,18,20,22H2,1-2,4H3;1-2H3/b26-6+,31-28?;. The molecule has 0 aliphatic carbocycles. The molecule has 3 nitrogen and oxygen atoms in total. The summed E-state index contributed by atoms with van der Waals surface area (Å²) in [5, 5.41) is 6.84. The zero-order chi connectivity index (χ0) is 25.9. The number of aryl methyl sites for hydroxylation is 2. The molecule has 2 rings (SSSR count). The Kier molecular flexibility index (Phi) is 15.3. The number of rotatable bonds is 13. The van der Waals surface area contributed by atoms with Crippen molar-refractivity contribution in [1.82, 2.24) is 5.32 Å². The number of allylic oxidation sites excluding steroid dienone is 2. The van der Waals surface area contributed by atoms with Crippen LogP contribution >= 0.6 is 0 Å². The van der Waals surface area contributed by atoms with E-state index in [9.17, 15) is 4.39 Å². The van der Waals surface area contributed by atoms with Gasteiger partial charge in [-0.15, -0.1) is 11.8 Å². The summed E-state index contributed by atoms with van der Waals surface area (Å²) >= 11 is 0. The fraction of sp³-hybridized carbons (Fsp3) is 0.387. The van der Waals surface area contributed by atoms with Gasteiger partial charge in [0, 0.05) is 31.4 Å². The van der Waals surface area contributed by atoms with E-state index in [1.54, 1.807) is 20.2 Å². The van der Waals surface area contributed by atoms with E-state index in [0.29, 0.717) is 18.7 Å². The van der Waals surface area contributed by atoms with Crippen LogP contribution in [0, 0.1) is 11.8 Å². The molecule has 0 bridgehead atoms. The Bertz CT molecular complexity index is 1030. The van der Waals surface area contributed by atoms with E-state index in [1.165, 1.54) is 17.2 Å². The average Bonchev–Trinajstić information content (AvgIpc) is 2.90. The lowest BCUT2D eigenvalue weighted by Gasteiger charge is -2.17. The molecule has 2 aromatic carbocycles. The fourth-order valence-corrected chi connectivity index (χ4v) is 3.66. The van der Waals surface area contributed by atoms with Crippen LogP contribution in [0.15, 0.2) is 72.1 Å². The van der Waals surface area contributed by atoms with Gasteiger partial charge in [-0.25, -0.2) is 4.39 Å². The van der Waals surface area contributed by atoms with Gasteiger partial charge in [0.05, 0.1) is 5.71 Å². The molecule has 0 heterocycles. The minimum absolute atomic E-state index is 0.244. The van der Waals surface area contributed by atoms with Crippen LogP contribution in [0.3, 0.4) is 0 Å². The summed E-state index contributed by atoms with van der Waals surface area (Å²) < 4.78 is 14.0. The van der Waals surface area contributed by atoms with Crippen LogP contribution in [-0.4, -0.2) is 12.8 Å². The number of hydrogen-bond donors (Lipinski definition) is 2. The van der Waals surface area contributed by atoms with E-state index in [-0.39, 0.29) is 5.83 Å². The van der Waals surface area contributed by atoms with Crippen LogP contribution in [0.2, 0.25) is 0 Å². The molecule has 0 unspecified atom stereocenters. The third-order valence-corrected chi connectivity index (χ3v) is 5.52. The highest BCUT2D eigenvalue weighted by Crippen LogP contribution is 2.27. The predicted octanol–water partition coefficient (Wildman–Crippen LogP) is 8.30. The third-order valence-electron chi connectivity index (χ3n) is 5.52. The Hall–Kier alpha value is -3.32. The second kappa shape index (κ2) is 18.1. The molecule has 0 amide bonds. The first-order valence-corrected chi connectivity index (χ1v) is 12.6. The molecule has 0 radical (unpaired) electrons. The molecule has 4 heteroatoms. The molecule has 2 N–H and O–H groups in total. The fourth-order valence-electron chi connectivity index (χ4n) is 3.66. The van der Waals surface area contributed by atoms with Gasteiger partial charge in [-0.3, -0.25) is 4.99 Å². The van der Waals surface area contributed by atoms with Crippen molar-refractivity contribution in [2.45, 2.75) is 72.8 Å². The van der Waals surface area contributed by atoms with Gasteiger partial charge in [0.25, 0.3) is 0 Å². The molecule has 0 aliphatic rings. The van der Waals surface area contributed by atoms with Crippen LogP contribution in [-0.2, 0) is 19.4 Å². The van der Waals surface area contributed by atoms with Gasteiger partial charge in [-0.2, -0.15) is 0 Å². The summed E-state index contributed by atoms with van der Waals surface area (Å²) in [5.41, 5.74) is 6.28. The molecule has 2 aromatic rings. The zero-order valence-electron chi connectivity index (χ0n) is 22.2. The van der Waals surface area contributed by atoms with Gasteiger partial charge >= 0.3 is 0 Å². The molecule has 188 valence electrons. The topological polar surface area (TPSA) is 36.4 Å². The first-order valence-electron chi connectivity index (χ1n) is 12.6. The number of hydrogen-bond acceptors (Lipinski definition) is 3. The molecule has 35 heavy (non-hydrogen) atoms. The molecule has 0 aliphatic heterocycles. The van der Waals surface area contributed by atoms with E-state index < -0.39 is 0 Å². The van der Waals surface area contributed by atoms with Gasteiger partial charge in [-0.1, -0.05) is 50.8 Å². The lowest BCUT2D eigenvalue weighted by Crippen LogP contribution is -2.07. The summed E-state index contributed by atoms with van der Waals surface area (Å²) in [6.45, 7) is 12.0. The Balaban J connectivity index is 0.00000298. The Morgan fingerprint density at radius 3 is 2.51 bits per heavy atom. The number of nitrogens with one attached hydrogen (secondary N) is 2. The van der Waals surface area contributed by atoms with Crippen molar-refractivity contribution < 1.29 is 4.39 Å². The smallest absolute Gasteiger partial charge is 0.139 e. The van der Waals surface area contributed by atoms with Gasteiger partial charge in [0.1, 0.15) is 5.83 Å². The number of para-hydroxylation sites is 1. The number of unbranched alkanes of at least 4 members (excludes halogenated alkanes) is 2. The maximum atomic E-state index is 14.0. The minimum atomic E-state index is -0.244. The molecule has 0 spiro atoms. The SMILES string of the molecule is C=CNCc1ccccc1Nc1cc(CCC(=NC)/C(F)=C\C)ccc1CCCCC#CC.CC. The van der Waals surface area contributed by atoms with Crippen LogP contribution in [0.1, 0.15) is 70.1 Å². The maximum Gasteiger partial charge on any atom is 0.139 e. The zero-order valence-corrected chi connectivity index (χ0v) is 22.2. The van der Waals surface area contributed by atoms with E-state index in [1.807, 2.05) is 32.9 Å². The molecule has 0 fully saturated rings. The average molecular weight is 476 g/mol. The monoisotopic (exact) mass is 475 g/mol. The predicted molar refractivity (Wildman–Crippen MR) is 152 cm³/mol. The number of benzene rings is 2. The van der Waals surface area contributed by atoms with Crippen LogP contribution in [0.25, 0.3) is 0 Å². The summed E-state index contributed by atoms with van der Waals surface area (Å²) in [4.78, 5) is 4.12. The number of aliphatic imine (C=N–C) groups is 1. The third kappa shape index (κ3) is 10.6. The van der Waals surface area contributed by atoms with E-state index >= 15 is 0 Å². The normalized spacial score (nSPS) is 11.0. The van der Waals surface area contributed by atoms with Crippen LogP contribution in [0.4, 0.5) is 15.8 Å². The minimum Gasteiger partial charge on any atom is -0.387 e. The van der Waals surface area contributed by atoms with E-state index in [4.69, 9.17) is 0 Å². The summed E-state index contributed by atoms with van der Waals surface area (Å²) in [7, 11) is 1.64. The van der Waals surface area contributed by atoms with Crippen LogP contribution in [0.5, 0.6) is 0 Å². The van der Waals surface area contributed by atoms with Gasteiger partial charge in [0.2, 0.25) is 0 Å². The number of nitrogens with zero attached hydrogens (tertiary/aromatic N) is 1. The van der Waals surface area contributed by atoms with Crippen molar-refractivity contribution in [3.63, 3.8) is 0 Å². The molecule has 0 aromatic heterocycles. The van der Waals surface area contributed by atoms with E-state index in [2.05, 4.69) is 64.4 Å². The first kappa shape index (κ1) is 29.7. The quantitative estimate of drug-likeness (QED) is 0.174. The van der Waals surface area contributed by atoms with Crippen molar-refractivity contribution in [3.05, 3.63) is 83.8 Å². The molecule has 0 atom stereocenters. The van der Waals surface area contributed by atoms with Crippen molar-refractivity contribution in [2.75, 3.05) is 12.4 Å². The lowest BCUT2D eigenvalue weighted by molar-refractivity contribution is 0.672. The highest BCUT2D eigenvalue weighted by molar-refractivity contribution is 5.98. The second-order valence-electron chi connectivity index (χ2n) is 7.80. The molecular formula is C31H42FN3. The van der Waals surface area contributed by atoms with Gasteiger partial charge in [0.15, 0.2) is 0 Å². The summed E-state index contributed by atoms with van der Waals surface area (Å²) in [5.74, 6) is 5.87. The summed E-state index contributed by atoms with van der Waals surface area (Å²) in [6, 6.07) is 14.8. The largest absolute Gasteiger partial charge is 0.387 e. The highest BCUT2D eigenvalue weighted by atomic mass is 19.1. The maximum absolute atomic E-state index is 14.0. The van der Waals surface area contributed by atoms with Crippen molar-refractivity contribution in [1.29, 1.82) is 0 Å².